The number of hydrogen-bond donors (Lipinski definition) is 2. The summed E-state index contributed by atoms with van der Waals surface area (Å²) >= 11 is 6.20. The van der Waals surface area contributed by atoms with E-state index in [1.165, 1.54) is 0 Å². The quantitative estimate of drug-likeness (QED) is 0.350. The molecular weight excluding hydrogens is 607 g/mol. The van der Waals surface area contributed by atoms with Gasteiger partial charge in [-0.2, -0.15) is 18.4 Å². The number of nitrogens with zero attached hydrogens (tertiary/aromatic N) is 3. The van der Waals surface area contributed by atoms with Gasteiger partial charge in [-0.1, -0.05) is 39.3 Å². The number of aromatic nitrogens is 1. The second-order valence-electron chi connectivity index (χ2n) is 13.9. The summed E-state index contributed by atoms with van der Waals surface area (Å²) in [5.41, 5.74) is 0.888. The molecule has 0 unspecified atom stereocenters. The van der Waals surface area contributed by atoms with Gasteiger partial charge in [0.1, 0.15) is 23.6 Å². The van der Waals surface area contributed by atoms with Crippen molar-refractivity contribution < 1.29 is 27.5 Å². The summed E-state index contributed by atoms with van der Waals surface area (Å²) in [4.78, 5) is 31.1. The first-order chi connectivity index (χ1) is 21.1. The van der Waals surface area contributed by atoms with Crippen LogP contribution < -0.4 is 20.3 Å². The summed E-state index contributed by atoms with van der Waals surface area (Å²) in [7, 11) is 0. The zero-order valence-corrected chi connectivity index (χ0v) is 26.6. The predicted octanol–water partition coefficient (Wildman–Crippen LogP) is 6.28. The van der Waals surface area contributed by atoms with E-state index in [2.05, 4.69) is 20.5 Å². The molecule has 5 rings (SSSR count). The van der Waals surface area contributed by atoms with Crippen LogP contribution in [0.25, 0.3) is 0 Å². The molecule has 8 nitrogen and oxygen atoms in total. The minimum absolute atomic E-state index is 0.177. The molecule has 0 spiro atoms. The van der Waals surface area contributed by atoms with E-state index in [9.17, 15) is 22.8 Å². The number of piperidine rings is 1. The van der Waals surface area contributed by atoms with Crippen LogP contribution in [-0.2, 0) is 4.79 Å². The van der Waals surface area contributed by atoms with Crippen LogP contribution in [0.3, 0.4) is 0 Å². The van der Waals surface area contributed by atoms with Crippen molar-refractivity contribution in [2.24, 2.45) is 22.7 Å². The third-order valence-corrected chi connectivity index (χ3v) is 10.2. The van der Waals surface area contributed by atoms with Crippen LogP contribution in [0, 0.1) is 34.0 Å². The highest BCUT2D eigenvalue weighted by Gasteiger charge is 2.64. The summed E-state index contributed by atoms with van der Waals surface area (Å²) in [6.45, 7) is 9.88. The standard InChI is InChI=1S/C33H39ClF3N5O3/c1-31(2)28(32(3,4)29(31)45-24-7-5-21(17-38)25(34)16-24)41-27(43)26-8-6-23(18-39-26)42-11-9-19(10-12-42)13-20-14-22(15-20)40-30(44)33(35,36)37/h5-8,16,18-20,22,28-29H,9-15H2,1-4H3,(H,40,44)(H,41,43). The fourth-order valence-corrected chi connectivity index (χ4v) is 7.93. The lowest BCUT2D eigenvalue weighted by molar-refractivity contribution is -0.175. The van der Waals surface area contributed by atoms with Gasteiger partial charge in [-0.25, -0.2) is 4.98 Å². The molecule has 1 aromatic carbocycles. The molecule has 2 aromatic rings. The summed E-state index contributed by atoms with van der Waals surface area (Å²) < 4.78 is 43.7. The van der Waals surface area contributed by atoms with E-state index in [0.717, 1.165) is 38.0 Å². The van der Waals surface area contributed by atoms with Gasteiger partial charge in [-0.05, 0) is 68.2 Å². The van der Waals surface area contributed by atoms with Crippen molar-refractivity contribution in [1.29, 1.82) is 5.26 Å². The van der Waals surface area contributed by atoms with Crippen molar-refractivity contribution in [3.8, 4) is 11.8 Å². The third kappa shape index (κ3) is 6.86. The third-order valence-electron chi connectivity index (χ3n) is 9.89. The molecule has 2 saturated carbocycles. The maximum atomic E-state index is 13.2. The Balaban J connectivity index is 1.09. The van der Waals surface area contributed by atoms with Crippen LogP contribution >= 0.6 is 11.6 Å². The maximum absolute atomic E-state index is 13.2. The molecule has 0 radical (unpaired) electrons. The molecule has 1 aromatic heterocycles. The topological polar surface area (TPSA) is 107 Å². The van der Waals surface area contributed by atoms with E-state index in [-0.39, 0.29) is 34.9 Å². The lowest BCUT2D eigenvalue weighted by Gasteiger charge is -2.63. The second-order valence-corrected chi connectivity index (χ2v) is 14.3. The first kappa shape index (κ1) is 32.9. The monoisotopic (exact) mass is 645 g/mol. The summed E-state index contributed by atoms with van der Waals surface area (Å²) in [5, 5.41) is 14.7. The van der Waals surface area contributed by atoms with Gasteiger partial charge in [-0.15, -0.1) is 0 Å². The Hall–Kier alpha value is -3.52. The number of ether oxygens (including phenoxy) is 1. The van der Waals surface area contributed by atoms with E-state index < -0.39 is 12.1 Å². The number of hydrogen-bond acceptors (Lipinski definition) is 6. The molecular formula is C33H39ClF3N5O3. The minimum atomic E-state index is -4.83. The van der Waals surface area contributed by atoms with E-state index in [1.807, 2.05) is 39.8 Å². The zero-order chi connectivity index (χ0) is 32.7. The van der Waals surface area contributed by atoms with Crippen LogP contribution in [0.5, 0.6) is 5.75 Å². The lowest BCUT2D eigenvalue weighted by Crippen LogP contribution is -2.74. The SMILES string of the molecule is CC1(C)C(NC(=O)c2ccc(N3CCC(CC4CC(NC(=O)C(F)(F)F)C4)CC3)cn2)C(C)(C)C1Oc1ccc(C#N)c(Cl)c1. The zero-order valence-electron chi connectivity index (χ0n) is 25.9. The molecule has 242 valence electrons. The second kappa shape index (κ2) is 12.3. The number of pyridine rings is 1. The van der Waals surface area contributed by atoms with Crippen LogP contribution in [0.2, 0.25) is 5.02 Å². The highest BCUT2D eigenvalue weighted by Crippen LogP contribution is 2.55. The van der Waals surface area contributed by atoms with Gasteiger partial charge in [-0.3, -0.25) is 9.59 Å². The Kier molecular flexibility index (Phi) is 9.02. The number of carbonyl (C=O) groups is 2. The van der Waals surface area contributed by atoms with Crippen molar-refractivity contribution >= 4 is 29.1 Å². The first-order valence-electron chi connectivity index (χ1n) is 15.4. The van der Waals surface area contributed by atoms with Crippen LogP contribution in [0.15, 0.2) is 36.5 Å². The molecule has 0 atom stereocenters. The number of alkyl halides is 3. The highest BCUT2D eigenvalue weighted by molar-refractivity contribution is 6.31. The van der Waals surface area contributed by atoms with E-state index in [4.69, 9.17) is 21.6 Å². The van der Waals surface area contributed by atoms with Gasteiger partial charge in [0, 0.05) is 42.1 Å². The number of carbonyl (C=O) groups excluding carboxylic acids is 2. The number of halogens is 4. The van der Waals surface area contributed by atoms with E-state index in [1.54, 1.807) is 30.5 Å². The average Bonchev–Trinajstić information content (AvgIpc) is 2.97. The van der Waals surface area contributed by atoms with Gasteiger partial charge in [0.15, 0.2) is 0 Å². The number of amides is 2. The molecule has 1 aliphatic heterocycles. The molecule has 2 N–H and O–H groups in total. The molecule has 3 aliphatic rings. The Morgan fingerprint density at radius 2 is 1.73 bits per heavy atom. The number of nitrogens with one attached hydrogen (secondary N) is 2. The molecule has 2 heterocycles. The van der Waals surface area contributed by atoms with Gasteiger partial charge in [0.2, 0.25) is 0 Å². The number of nitriles is 1. The average molecular weight is 646 g/mol. The molecule has 1 saturated heterocycles. The Morgan fingerprint density at radius 3 is 2.29 bits per heavy atom. The predicted molar refractivity (Wildman–Crippen MR) is 164 cm³/mol. The van der Waals surface area contributed by atoms with Crippen molar-refractivity contribution in [3.63, 3.8) is 0 Å². The largest absolute Gasteiger partial charge is 0.489 e. The van der Waals surface area contributed by atoms with E-state index >= 15 is 0 Å². The Bertz CT molecular complexity index is 1440. The Morgan fingerprint density at radius 1 is 1.07 bits per heavy atom. The fraction of sp³-hybridized carbons (Fsp3) is 0.576. The van der Waals surface area contributed by atoms with Crippen molar-refractivity contribution in [2.75, 3.05) is 18.0 Å². The van der Waals surface area contributed by atoms with Crippen molar-refractivity contribution in [3.05, 3.63) is 52.8 Å². The van der Waals surface area contributed by atoms with Gasteiger partial charge < -0.3 is 20.3 Å². The molecule has 45 heavy (non-hydrogen) atoms. The number of anilines is 1. The van der Waals surface area contributed by atoms with Crippen molar-refractivity contribution in [2.45, 2.75) is 84.2 Å². The maximum Gasteiger partial charge on any atom is 0.471 e. The summed E-state index contributed by atoms with van der Waals surface area (Å²) in [6.07, 6.45) is 0.803. The Labute approximate surface area is 266 Å². The van der Waals surface area contributed by atoms with E-state index in [0.29, 0.717) is 46.7 Å². The molecule has 2 aliphatic carbocycles. The lowest BCUT2D eigenvalue weighted by atomic mass is 9.49. The van der Waals surface area contributed by atoms with Crippen LogP contribution in [-0.4, -0.2) is 54.3 Å². The van der Waals surface area contributed by atoms with Crippen LogP contribution in [0.1, 0.15) is 75.9 Å². The van der Waals surface area contributed by atoms with Crippen LogP contribution in [0.4, 0.5) is 18.9 Å². The van der Waals surface area contributed by atoms with Crippen molar-refractivity contribution in [1.82, 2.24) is 15.6 Å². The summed E-state index contributed by atoms with van der Waals surface area (Å²) in [5.74, 6) is -0.683. The summed E-state index contributed by atoms with van der Waals surface area (Å²) in [6, 6.07) is 10.2. The van der Waals surface area contributed by atoms with Gasteiger partial charge >= 0.3 is 12.1 Å². The first-order valence-corrected chi connectivity index (χ1v) is 15.7. The minimum Gasteiger partial charge on any atom is -0.489 e. The smallest absolute Gasteiger partial charge is 0.471 e. The number of benzene rings is 1. The molecule has 3 fully saturated rings. The van der Waals surface area contributed by atoms with Gasteiger partial charge in [0.05, 0.1) is 22.5 Å². The molecule has 12 heteroatoms. The fourth-order valence-electron chi connectivity index (χ4n) is 7.72. The highest BCUT2D eigenvalue weighted by atomic mass is 35.5. The normalized spacial score (nSPS) is 25.7. The molecule has 0 bridgehead atoms. The number of rotatable bonds is 8. The van der Waals surface area contributed by atoms with Gasteiger partial charge in [0.25, 0.3) is 5.91 Å². The molecule has 2 amide bonds.